The molecule has 0 aromatic heterocycles. The summed E-state index contributed by atoms with van der Waals surface area (Å²) in [7, 11) is 0. The minimum absolute atomic E-state index is 0.178. The Labute approximate surface area is 441 Å². The first-order valence-corrected chi connectivity index (χ1v) is 29.8. The lowest BCUT2D eigenvalue weighted by Gasteiger charge is -2.40. The summed E-state index contributed by atoms with van der Waals surface area (Å²) < 4.78 is 11.2. The highest BCUT2D eigenvalue weighted by molar-refractivity contribution is 5.76. The Balaban J connectivity index is 2.08. The minimum Gasteiger partial charge on any atom is -0.394 e. The Morgan fingerprint density at radius 3 is 1.28 bits per heavy atom. The smallest absolute Gasteiger partial charge is 0.220 e. The number of hydrogen-bond acceptors (Lipinski definition) is 8. The molecule has 0 radical (unpaired) electrons. The molecule has 0 aliphatic carbocycles. The topological polar surface area (TPSA) is 149 Å². The molecule has 1 aliphatic rings. The zero-order chi connectivity index (χ0) is 52.2. The first kappa shape index (κ1) is 67.4. The van der Waals surface area contributed by atoms with Gasteiger partial charge in [-0.2, -0.15) is 0 Å². The van der Waals surface area contributed by atoms with Crippen LogP contribution in [0.3, 0.4) is 0 Å². The fraction of sp³-hybridized carbons (Fsp3) is 0.762. The Morgan fingerprint density at radius 1 is 0.486 bits per heavy atom. The zero-order valence-electron chi connectivity index (χ0n) is 46.2. The van der Waals surface area contributed by atoms with E-state index in [-0.39, 0.29) is 12.5 Å². The van der Waals surface area contributed by atoms with Crippen molar-refractivity contribution in [1.29, 1.82) is 0 Å². The minimum atomic E-state index is -1.57. The SMILES string of the molecule is CC/C=C\C/C=C\C/C=C\C/C=C\C/C=C\C/C=C\CCCCCCCCCCCCCCCCCCCCC(=O)NC(COC1OC(CO)C(O)C(O)C1O)C(O)/C=C/CCCCCCCCCCCC. The van der Waals surface area contributed by atoms with Crippen molar-refractivity contribution in [2.24, 2.45) is 0 Å². The zero-order valence-corrected chi connectivity index (χ0v) is 46.2. The van der Waals surface area contributed by atoms with E-state index in [1.54, 1.807) is 6.08 Å². The summed E-state index contributed by atoms with van der Waals surface area (Å²) in [6.45, 7) is 3.66. The van der Waals surface area contributed by atoms with Crippen LogP contribution in [0, 0.1) is 0 Å². The Kier molecular flexibility index (Phi) is 48.5. The number of carbonyl (C=O) groups excluding carboxylic acids is 1. The number of nitrogens with one attached hydrogen (secondary N) is 1. The van der Waals surface area contributed by atoms with Gasteiger partial charge in [0.25, 0.3) is 0 Å². The van der Waals surface area contributed by atoms with Gasteiger partial charge < -0.3 is 40.3 Å². The predicted molar refractivity (Wildman–Crippen MR) is 304 cm³/mol. The summed E-state index contributed by atoms with van der Waals surface area (Å²) in [6.07, 6.45) is 66.7. The van der Waals surface area contributed by atoms with Crippen LogP contribution in [0.5, 0.6) is 0 Å². The number of allylic oxidation sites excluding steroid dienone is 13. The highest BCUT2D eigenvalue weighted by Crippen LogP contribution is 2.23. The lowest BCUT2D eigenvalue weighted by Crippen LogP contribution is -2.60. The van der Waals surface area contributed by atoms with Crippen molar-refractivity contribution in [3.05, 3.63) is 85.1 Å². The third-order valence-corrected chi connectivity index (χ3v) is 13.7. The molecule has 0 aromatic carbocycles. The molecule has 0 aromatic rings. The van der Waals surface area contributed by atoms with Crippen molar-refractivity contribution in [3.8, 4) is 0 Å². The van der Waals surface area contributed by atoms with Gasteiger partial charge >= 0.3 is 0 Å². The molecule has 7 unspecified atom stereocenters. The highest BCUT2D eigenvalue weighted by atomic mass is 16.7. The summed E-state index contributed by atoms with van der Waals surface area (Å²) in [5.74, 6) is -0.178. The van der Waals surface area contributed by atoms with Gasteiger partial charge in [0, 0.05) is 6.42 Å². The molecule has 1 rings (SSSR count). The van der Waals surface area contributed by atoms with Gasteiger partial charge in [-0.3, -0.25) is 4.79 Å². The lowest BCUT2D eigenvalue weighted by molar-refractivity contribution is -0.302. The maximum Gasteiger partial charge on any atom is 0.220 e. The Bertz CT molecular complexity index is 1400. The lowest BCUT2D eigenvalue weighted by atomic mass is 9.99. The van der Waals surface area contributed by atoms with Crippen LogP contribution in [0.4, 0.5) is 0 Å². The number of hydrogen-bond donors (Lipinski definition) is 6. The number of unbranched alkanes of at least 4 members (excludes halogenated alkanes) is 28. The average Bonchev–Trinajstić information content (AvgIpc) is 3.38. The molecule has 7 atom stereocenters. The van der Waals surface area contributed by atoms with Crippen molar-refractivity contribution in [3.63, 3.8) is 0 Å². The van der Waals surface area contributed by atoms with E-state index in [1.807, 2.05) is 6.08 Å². The van der Waals surface area contributed by atoms with Gasteiger partial charge in [-0.15, -0.1) is 0 Å². The second kappa shape index (κ2) is 51.8. The number of aliphatic hydroxyl groups is 5. The van der Waals surface area contributed by atoms with E-state index in [0.29, 0.717) is 6.42 Å². The second-order valence-corrected chi connectivity index (χ2v) is 20.4. The molecule has 1 aliphatic heterocycles. The second-order valence-electron chi connectivity index (χ2n) is 20.4. The fourth-order valence-electron chi connectivity index (χ4n) is 9.04. The van der Waals surface area contributed by atoms with E-state index in [0.717, 1.165) is 77.0 Å². The molecule has 6 N–H and O–H groups in total. The van der Waals surface area contributed by atoms with Crippen LogP contribution >= 0.6 is 0 Å². The Hall–Kier alpha value is -2.63. The maximum absolute atomic E-state index is 13.0. The number of carbonyl (C=O) groups is 1. The number of ether oxygens (including phenoxy) is 2. The average molecular weight is 1010 g/mol. The van der Waals surface area contributed by atoms with E-state index in [2.05, 4.69) is 92.1 Å². The summed E-state index contributed by atoms with van der Waals surface area (Å²) in [5, 5.41) is 54.4. The molecule has 0 spiro atoms. The molecular formula is C63H111NO8. The van der Waals surface area contributed by atoms with Gasteiger partial charge in [0.2, 0.25) is 5.91 Å². The highest BCUT2D eigenvalue weighted by Gasteiger charge is 2.44. The van der Waals surface area contributed by atoms with Crippen LogP contribution in [0.25, 0.3) is 0 Å². The number of amides is 1. The first-order valence-electron chi connectivity index (χ1n) is 29.8. The molecular weight excluding hydrogens is 899 g/mol. The molecule has 0 saturated carbocycles. The molecule has 1 saturated heterocycles. The summed E-state index contributed by atoms with van der Waals surface area (Å²) in [6, 6.07) is -0.806. The van der Waals surface area contributed by atoms with Gasteiger partial charge in [0.1, 0.15) is 24.4 Å². The van der Waals surface area contributed by atoms with Crippen molar-refractivity contribution < 1.29 is 39.8 Å². The molecule has 9 heteroatoms. The number of rotatable bonds is 50. The van der Waals surface area contributed by atoms with E-state index in [4.69, 9.17) is 9.47 Å². The van der Waals surface area contributed by atoms with Crippen molar-refractivity contribution >= 4 is 5.91 Å². The molecule has 72 heavy (non-hydrogen) atoms. The van der Waals surface area contributed by atoms with Crippen LogP contribution in [0.2, 0.25) is 0 Å². The maximum atomic E-state index is 13.0. The summed E-state index contributed by atoms with van der Waals surface area (Å²) in [4.78, 5) is 13.0. The van der Waals surface area contributed by atoms with Gasteiger partial charge in [0.05, 0.1) is 25.4 Å². The molecule has 9 nitrogen and oxygen atoms in total. The molecule has 416 valence electrons. The van der Waals surface area contributed by atoms with Crippen LogP contribution in [-0.2, 0) is 14.3 Å². The van der Waals surface area contributed by atoms with Crippen molar-refractivity contribution in [1.82, 2.24) is 5.32 Å². The first-order chi connectivity index (χ1) is 35.3. The Morgan fingerprint density at radius 2 is 0.861 bits per heavy atom. The fourth-order valence-corrected chi connectivity index (χ4v) is 9.04. The summed E-state index contributed by atoms with van der Waals surface area (Å²) >= 11 is 0. The standard InChI is InChI=1S/C63H111NO8/c1-3-5-7-9-11-13-15-17-18-19-20-21-22-23-24-25-26-27-28-29-30-31-32-33-34-35-36-37-38-39-40-41-43-45-47-49-51-53-59(67)64-56(55-71-63-62(70)61(69)60(68)58(54-65)72-63)57(66)52-50-48-46-44-42-16-14-12-10-8-6-4-2/h5,7,11,13,17-18,20-21,23-24,26-27,50,52,56-58,60-63,65-66,68-70H,3-4,6,8-10,12,14-16,19,22,25,28-49,51,53-55H2,1-2H3,(H,64,67)/b7-5-,13-11-,18-17-,21-20-,24-23-,27-26-,52-50+. The molecule has 1 heterocycles. The van der Waals surface area contributed by atoms with Crippen LogP contribution in [-0.4, -0.2) is 87.5 Å². The van der Waals surface area contributed by atoms with Gasteiger partial charge in [0.15, 0.2) is 6.29 Å². The van der Waals surface area contributed by atoms with Crippen molar-refractivity contribution in [2.45, 2.75) is 294 Å². The van der Waals surface area contributed by atoms with E-state index in [1.165, 1.54) is 154 Å². The van der Waals surface area contributed by atoms with Gasteiger partial charge in [-0.05, 0) is 70.6 Å². The van der Waals surface area contributed by atoms with Crippen LogP contribution in [0.15, 0.2) is 85.1 Å². The largest absolute Gasteiger partial charge is 0.394 e. The van der Waals surface area contributed by atoms with E-state index in [9.17, 15) is 30.3 Å². The third kappa shape index (κ3) is 40.7. The third-order valence-electron chi connectivity index (χ3n) is 13.7. The molecule has 0 bridgehead atoms. The molecule has 1 amide bonds. The van der Waals surface area contributed by atoms with Gasteiger partial charge in [-0.25, -0.2) is 0 Å². The molecule has 1 fully saturated rings. The normalized spacial score (nSPS) is 19.8. The van der Waals surface area contributed by atoms with Crippen LogP contribution < -0.4 is 5.32 Å². The summed E-state index contributed by atoms with van der Waals surface area (Å²) in [5.41, 5.74) is 0. The van der Waals surface area contributed by atoms with E-state index >= 15 is 0 Å². The van der Waals surface area contributed by atoms with Gasteiger partial charge in [-0.1, -0.05) is 259 Å². The van der Waals surface area contributed by atoms with Crippen molar-refractivity contribution in [2.75, 3.05) is 13.2 Å². The predicted octanol–water partition coefficient (Wildman–Crippen LogP) is 15.0. The quantitative estimate of drug-likeness (QED) is 0.0261. The van der Waals surface area contributed by atoms with E-state index < -0.39 is 49.5 Å². The number of aliphatic hydroxyl groups excluding tert-OH is 5. The van der Waals surface area contributed by atoms with Crippen LogP contribution in [0.1, 0.15) is 251 Å². The monoisotopic (exact) mass is 1010 g/mol.